The lowest BCUT2D eigenvalue weighted by molar-refractivity contribution is 0.607. The van der Waals surface area contributed by atoms with Crippen LogP contribution < -0.4 is 5.32 Å². The van der Waals surface area contributed by atoms with E-state index < -0.39 is 0 Å². The highest BCUT2D eigenvalue weighted by Gasteiger charge is 1.99. The van der Waals surface area contributed by atoms with Crippen molar-refractivity contribution in [2.75, 3.05) is 0 Å². The molecule has 0 aromatic carbocycles. The molecule has 2 heterocycles. The van der Waals surface area contributed by atoms with Crippen molar-refractivity contribution in [1.29, 1.82) is 0 Å². The van der Waals surface area contributed by atoms with Gasteiger partial charge in [-0.25, -0.2) is 15.0 Å². The largest absolute Gasteiger partial charge is 0.304 e. The van der Waals surface area contributed by atoms with Crippen LogP contribution in [0.4, 0.5) is 0 Å². The summed E-state index contributed by atoms with van der Waals surface area (Å²) in [5.41, 5.74) is 0.965. The lowest BCUT2D eigenvalue weighted by atomic mass is 10.4. The molecule has 2 aromatic heterocycles. The zero-order chi connectivity index (χ0) is 10.5. The Kier molecular flexibility index (Phi) is 2.99. The number of rotatable bonds is 4. The van der Waals surface area contributed by atoms with Crippen molar-refractivity contribution in [2.24, 2.45) is 7.05 Å². The lowest BCUT2D eigenvalue weighted by Gasteiger charge is -2.02. The van der Waals surface area contributed by atoms with Crippen molar-refractivity contribution in [3.8, 4) is 0 Å². The van der Waals surface area contributed by atoms with Gasteiger partial charge in [0.1, 0.15) is 18.5 Å². The predicted molar refractivity (Wildman–Crippen MR) is 53.6 cm³/mol. The third-order valence-corrected chi connectivity index (χ3v) is 2.04. The molecule has 0 aliphatic heterocycles. The highest BCUT2D eigenvalue weighted by atomic mass is 15.3. The molecule has 0 aliphatic rings. The summed E-state index contributed by atoms with van der Waals surface area (Å²) >= 11 is 0. The molecule has 6 heteroatoms. The molecule has 0 fully saturated rings. The van der Waals surface area contributed by atoms with E-state index in [1.165, 1.54) is 0 Å². The van der Waals surface area contributed by atoms with Crippen molar-refractivity contribution in [3.63, 3.8) is 0 Å². The van der Waals surface area contributed by atoms with E-state index in [1.807, 2.05) is 13.1 Å². The summed E-state index contributed by atoms with van der Waals surface area (Å²) in [6, 6.07) is 1.88. The van der Waals surface area contributed by atoms with Gasteiger partial charge in [-0.3, -0.25) is 4.68 Å². The van der Waals surface area contributed by atoms with E-state index in [0.29, 0.717) is 13.1 Å². The number of aromatic nitrogens is 5. The summed E-state index contributed by atoms with van der Waals surface area (Å²) in [4.78, 5) is 12.1. The van der Waals surface area contributed by atoms with Gasteiger partial charge < -0.3 is 5.32 Å². The normalized spacial score (nSPS) is 10.5. The van der Waals surface area contributed by atoms with E-state index in [0.717, 1.165) is 11.5 Å². The Bertz CT molecular complexity index is 410. The summed E-state index contributed by atoms with van der Waals surface area (Å²) in [6.45, 7) is 1.38. The molecule has 0 saturated heterocycles. The molecule has 0 saturated carbocycles. The van der Waals surface area contributed by atoms with Crippen LogP contribution in [0.25, 0.3) is 0 Å². The van der Waals surface area contributed by atoms with Crippen LogP contribution >= 0.6 is 0 Å². The fourth-order valence-corrected chi connectivity index (χ4v) is 1.21. The Morgan fingerprint density at radius 3 is 2.87 bits per heavy atom. The van der Waals surface area contributed by atoms with Crippen LogP contribution in [0.15, 0.2) is 24.9 Å². The van der Waals surface area contributed by atoms with Crippen molar-refractivity contribution in [3.05, 3.63) is 36.4 Å². The number of hydrogen-bond acceptors (Lipinski definition) is 5. The van der Waals surface area contributed by atoms with Gasteiger partial charge in [0, 0.05) is 19.8 Å². The highest BCUT2D eigenvalue weighted by molar-refractivity contribution is 4.97. The van der Waals surface area contributed by atoms with E-state index in [1.54, 1.807) is 23.5 Å². The van der Waals surface area contributed by atoms with Gasteiger partial charge in [0.15, 0.2) is 0 Å². The number of aryl methyl sites for hydroxylation is 1. The molecule has 2 rings (SSSR count). The molecule has 0 bridgehead atoms. The van der Waals surface area contributed by atoms with Crippen LogP contribution in [-0.4, -0.2) is 24.7 Å². The highest BCUT2D eigenvalue weighted by Crippen LogP contribution is 1.93. The van der Waals surface area contributed by atoms with Crippen molar-refractivity contribution in [1.82, 2.24) is 30.0 Å². The second-order valence-electron chi connectivity index (χ2n) is 3.10. The Hall–Kier alpha value is -1.82. The molecular formula is C9H12N6. The molecular weight excluding hydrogens is 192 g/mol. The van der Waals surface area contributed by atoms with Gasteiger partial charge >= 0.3 is 0 Å². The van der Waals surface area contributed by atoms with Crippen LogP contribution in [0.5, 0.6) is 0 Å². The summed E-state index contributed by atoms with van der Waals surface area (Å²) in [5.74, 6) is 0.907. The van der Waals surface area contributed by atoms with E-state index in [-0.39, 0.29) is 0 Å². The third kappa shape index (κ3) is 2.57. The zero-order valence-electron chi connectivity index (χ0n) is 8.46. The molecule has 1 N–H and O–H groups in total. The number of nitrogens with one attached hydrogen (secondary N) is 1. The van der Waals surface area contributed by atoms with Crippen molar-refractivity contribution in [2.45, 2.75) is 13.1 Å². The summed E-state index contributed by atoms with van der Waals surface area (Å²) in [5, 5.41) is 7.21. The van der Waals surface area contributed by atoms with Gasteiger partial charge in [-0.05, 0) is 6.07 Å². The van der Waals surface area contributed by atoms with Gasteiger partial charge in [0.25, 0.3) is 0 Å². The van der Waals surface area contributed by atoms with Crippen LogP contribution in [0.3, 0.4) is 0 Å². The van der Waals surface area contributed by atoms with Crippen LogP contribution in [0.2, 0.25) is 0 Å². The molecule has 0 atom stereocenters. The van der Waals surface area contributed by atoms with Crippen LogP contribution in [-0.2, 0) is 20.1 Å². The molecule has 0 unspecified atom stereocenters. The Labute approximate surface area is 87.4 Å². The second-order valence-corrected chi connectivity index (χ2v) is 3.10. The second kappa shape index (κ2) is 4.61. The summed E-state index contributed by atoms with van der Waals surface area (Å²) < 4.78 is 1.74. The Balaban J connectivity index is 1.83. The molecule has 0 aliphatic carbocycles. The molecule has 2 aromatic rings. The third-order valence-electron chi connectivity index (χ3n) is 2.04. The molecule has 15 heavy (non-hydrogen) atoms. The zero-order valence-corrected chi connectivity index (χ0v) is 8.46. The summed E-state index contributed by atoms with van der Waals surface area (Å²) in [7, 11) is 1.87. The number of nitrogens with zero attached hydrogens (tertiary/aromatic N) is 5. The minimum atomic E-state index is 0.681. The first-order valence-corrected chi connectivity index (χ1v) is 4.65. The number of hydrogen-bond donors (Lipinski definition) is 1. The fraction of sp³-hybridized carbons (Fsp3) is 0.333. The molecule has 0 amide bonds. The SMILES string of the molecule is Cn1ncnc1CNCc1ccncn1. The average molecular weight is 204 g/mol. The topological polar surface area (TPSA) is 68.5 Å². The van der Waals surface area contributed by atoms with Crippen molar-refractivity contribution >= 4 is 0 Å². The van der Waals surface area contributed by atoms with Gasteiger partial charge in [0.2, 0.25) is 0 Å². The summed E-state index contributed by atoms with van der Waals surface area (Å²) in [6.07, 6.45) is 4.81. The van der Waals surface area contributed by atoms with Gasteiger partial charge in [-0.15, -0.1) is 0 Å². The Morgan fingerprint density at radius 1 is 1.27 bits per heavy atom. The minimum Gasteiger partial charge on any atom is -0.304 e. The van der Waals surface area contributed by atoms with E-state index in [2.05, 4.69) is 25.4 Å². The quantitative estimate of drug-likeness (QED) is 0.753. The predicted octanol–water partition coefficient (Wildman–Crippen LogP) is -0.105. The first kappa shape index (κ1) is 9.72. The van der Waals surface area contributed by atoms with Crippen LogP contribution in [0, 0.1) is 0 Å². The molecule has 6 nitrogen and oxygen atoms in total. The van der Waals surface area contributed by atoms with Crippen LogP contribution in [0.1, 0.15) is 11.5 Å². The van der Waals surface area contributed by atoms with E-state index in [4.69, 9.17) is 0 Å². The maximum Gasteiger partial charge on any atom is 0.140 e. The van der Waals surface area contributed by atoms with Crippen molar-refractivity contribution < 1.29 is 0 Å². The molecule has 0 radical (unpaired) electrons. The lowest BCUT2D eigenvalue weighted by Crippen LogP contribution is -2.16. The van der Waals surface area contributed by atoms with Gasteiger partial charge in [-0.1, -0.05) is 0 Å². The standard InChI is InChI=1S/C9H12N6/c1-15-9(13-7-14-15)5-11-4-8-2-3-10-6-12-8/h2-3,6-7,11H,4-5H2,1H3. The minimum absolute atomic E-state index is 0.681. The van der Waals surface area contributed by atoms with Gasteiger partial charge in [-0.2, -0.15) is 5.10 Å². The molecule has 78 valence electrons. The Morgan fingerprint density at radius 2 is 2.20 bits per heavy atom. The van der Waals surface area contributed by atoms with E-state index >= 15 is 0 Å². The monoisotopic (exact) mass is 204 g/mol. The average Bonchev–Trinajstić information content (AvgIpc) is 2.66. The first-order chi connectivity index (χ1) is 7.36. The smallest absolute Gasteiger partial charge is 0.140 e. The van der Waals surface area contributed by atoms with E-state index in [9.17, 15) is 0 Å². The molecule has 0 spiro atoms. The maximum absolute atomic E-state index is 4.10. The first-order valence-electron chi connectivity index (χ1n) is 4.65. The van der Waals surface area contributed by atoms with Gasteiger partial charge in [0.05, 0.1) is 12.2 Å². The fourth-order valence-electron chi connectivity index (χ4n) is 1.21. The maximum atomic E-state index is 4.10.